The highest BCUT2D eigenvalue weighted by molar-refractivity contribution is 6.30. The molecule has 0 saturated carbocycles. The molecule has 1 aromatic carbocycles. The number of anilines is 1. The van der Waals surface area contributed by atoms with Gasteiger partial charge in [0.25, 0.3) is 0 Å². The van der Waals surface area contributed by atoms with E-state index in [2.05, 4.69) is 30.5 Å². The summed E-state index contributed by atoms with van der Waals surface area (Å²) in [5, 5.41) is 8.07. The van der Waals surface area contributed by atoms with E-state index < -0.39 is 0 Å². The van der Waals surface area contributed by atoms with E-state index in [-0.39, 0.29) is 0 Å². The Kier molecular flexibility index (Phi) is 4.90. The largest absolute Gasteiger partial charge is 0.381 e. The van der Waals surface area contributed by atoms with Crippen LogP contribution in [-0.4, -0.2) is 18.6 Å². The number of rotatable bonds is 4. The molecule has 1 aromatic rings. The molecule has 1 fully saturated rings. The molecule has 2 atom stereocenters. The van der Waals surface area contributed by atoms with Gasteiger partial charge in [0.15, 0.2) is 0 Å². The van der Waals surface area contributed by atoms with Gasteiger partial charge in [-0.1, -0.05) is 31.5 Å². The number of hydrogen-bond donors (Lipinski definition) is 2. The highest BCUT2D eigenvalue weighted by Crippen LogP contribution is 2.22. The fourth-order valence-corrected chi connectivity index (χ4v) is 2.86. The summed E-state index contributed by atoms with van der Waals surface area (Å²) in [5.41, 5.74) is 1.13. The van der Waals surface area contributed by atoms with Crippen LogP contribution in [0.4, 0.5) is 5.69 Å². The van der Waals surface area contributed by atoms with Crippen LogP contribution in [0.5, 0.6) is 0 Å². The summed E-state index contributed by atoms with van der Waals surface area (Å²) in [5.74, 6) is 0.726. The molecule has 1 heterocycles. The van der Waals surface area contributed by atoms with E-state index in [1.807, 2.05) is 18.2 Å². The lowest BCUT2D eigenvalue weighted by molar-refractivity contribution is 0.321. The van der Waals surface area contributed by atoms with Crippen LogP contribution in [0.25, 0.3) is 0 Å². The average molecular weight is 267 g/mol. The maximum atomic E-state index is 6.03. The van der Waals surface area contributed by atoms with Crippen LogP contribution in [0, 0.1) is 5.92 Å². The van der Waals surface area contributed by atoms with E-state index in [0.717, 1.165) is 23.2 Å². The van der Waals surface area contributed by atoms with E-state index in [0.29, 0.717) is 12.1 Å². The number of benzene rings is 1. The van der Waals surface area contributed by atoms with Gasteiger partial charge in [-0.2, -0.15) is 0 Å². The van der Waals surface area contributed by atoms with Gasteiger partial charge >= 0.3 is 0 Å². The van der Waals surface area contributed by atoms with Crippen LogP contribution in [0.15, 0.2) is 24.3 Å². The lowest BCUT2D eigenvalue weighted by atomic mass is 9.91. The molecule has 0 radical (unpaired) electrons. The summed E-state index contributed by atoms with van der Waals surface area (Å²) < 4.78 is 0. The minimum atomic E-state index is 0.514. The van der Waals surface area contributed by atoms with Gasteiger partial charge in [0.2, 0.25) is 0 Å². The second kappa shape index (κ2) is 6.44. The van der Waals surface area contributed by atoms with Crippen molar-refractivity contribution in [3.05, 3.63) is 29.3 Å². The maximum Gasteiger partial charge on any atom is 0.0426 e. The Bertz CT molecular complexity index is 379. The van der Waals surface area contributed by atoms with Crippen molar-refractivity contribution in [2.75, 3.05) is 11.9 Å². The van der Waals surface area contributed by atoms with E-state index >= 15 is 0 Å². The lowest BCUT2D eigenvalue weighted by Gasteiger charge is -2.35. The van der Waals surface area contributed by atoms with Crippen molar-refractivity contribution < 1.29 is 0 Å². The Balaban J connectivity index is 2.00. The van der Waals surface area contributed by atoms with Gasteiger partial charge in [-0.15, -0.1) is 0 Å². The van der Waals surface area contributed by atoms with Crippen molar-refractivity contribution in [2.45, 2.75) is 45.2 Å². The van der Waals surface area contributed by atoms with Gasteiger partial charge < -0.3 is 10.6 Å². The molecular weight excluding hydrogens is 244 g/mol. The molecule has 0 aromatic heterocycles. The summed E-state index contributed by atoms with van der Waals surface area (Å²) >= 11 is 6.03. The molecule has 1 saturated heterocycles. The first-order valence-electron chi connectivity index (χ1n) is 6.90. The summed E-state index contributed by atoms with van der Waals surface area (Å²) in [7, 11) is 0. The monoisotopic (exact) mass is 266 g/mol. The van der Waals surface area contributed by atoms with Crippen LogP contribution in [0.3, 0.4) is 0 Å². The molecular formula is C15H23ClN2. The Morgan fingerprint density at radius 1 is 1.44 bits per heavy atom. The normalized spacial score (nSPS) is 24.2. The fraction of sp³-hybridized carbons (Fsp3) is 0.600. The lowest BCUT2D eigenvalue weighted by Crippen LogP contribution is -2.49. The molecule has 2 N–H and O–H groups in total. The third-order valence-corrected chi connectivity index (χ3v) is 3.72. The van der Waals surface area contributed by atoms with E-state index in [1.54, 1.807) is 0 Å². The number of piperidine rings is 1. The molecule has 18 heavy (non-hydrogen) atoms. The molecule has 0 unspecified atom stereocenters. The Morgan fingerprint density at radius 2 is 2.28 bits per heavy atom. The maximum absolute atomic E-state index is 6.03. The zero-order chi connectivity index (χ0) is 13.0. The fourth-order valence-electron chi connectivity index (χ4n) is 2.67. The van der Waals surface area contributed by atoms with Crippen LogP contribution in [0.1, 0.15) is 33.1 Å². The van der Waals surface area contributed by atoms with Gasteiger partial charge in [-0.3, -0.25) is 0 Å². The van der Waals surface area contributed by atoms with Crippen LogP contribution < -0.4 is 10.6 Å². The minimum Gasteiger partial charge on any atom is -0.381 e. The smallest absolute Gasteiger partial charge is 0.0426 e. The summed E-state index contributed by atoms with van der Waals surface area (Å²) in [6, 6.07) is 9.09. The topological polar surface area (TPSA) is 24.1 Å². The number of hydrogen-bond acceptors (Lipinski definition) is 2. The van der Waals surface area contributed by atoms with E-state index in [1.165, 1.54) is 19.3 Å². The molecule has 0 spiro atoms. The zero-order valence-corrected chi connectivity index (χ0v) is 12.0. The van der Waals surface area contributed by atoms with Gasteiger partial charge in [0.05, 0.1) is 0 Å². The Labute approximate surface area is 115 Å². The molecule has 1 aliphatic rings. The molecule has 1 aliphatic heterocycles. The van der Waals surface area contributed by atoms with Gasteiger partial charge in [-0.25, -0.2) is 0 Å². The van der Waals surface area contributed by atoms with Gasteiger partial charge in [0, 0.05) is 22.8 Å². The van der Waals surface area contributed by atoms with Crippen molar-refractivity contribution in [3.8, 4) is 0 Å². The molecule has 2 nitrogen and oxygen atoms in total. The van der Waals surface area contributed by atoms with Crippen molar-refractivity contribution in [3.63, 3.8) is 0 Å². The zero-order valence-electron chi connectivity index (χ0n) is 11.2. The first kappa shape index (κ1) is 13.7. The summed E-state index contributed by atoms with van der Waals surface area (Å²) in [6.07, 6.45) is 3.70. The first-order chi connectivity index (χ1) is 8.65. The second-order valence-electron chi connectivity index (χ2n) is 5.59. The molecule has 0 aliphatic carbocycles. The highest BCUT2D eigenvalue weighted by atomic mass is 35.5. The SMILES string of the molecule is CC(C)C[C@H]1NCCC[C@H]1Nc1cccc(Cl)c1. The predicted molar refractivity (Wildman–Crippen MR) is 79.3 cm³/mol. The molecule has 100 valence electrons. The van der Waals surface area contributed by atoms with Gasteiger partial charge in [-0.05, 0) is 49.9 Å². The minimum absolute atomic E-state index is 0.514. The average Bonchev–Trinajstić information content (AvgIpc) is 2.31. The quantitative estimate of drug-likeness (QED) is 0.863. The van der Waals surface area contributed by atoms with Crippen LogP contribution >= 0.6 is 11.6 Å². The van der Waals surface area contributed by atoms with E-state index in [9.17, 15) is 0 Å². The van der Waals surface area contributed by atoms with E-state index in [4.69, 9.17) is 11.6 Å². The van der Waals surface area contributed by atoms with Crippen LogP contribution in [0.2, 0.25) is 5.02 Å². The number of halogens is 1. The van der Waals surface area contributed by atoms with Gasteiger partial charge in [0.1, 0.15) is 0 Å². The van der Waals surface area contributed by atoms with Crippen molar-refractivity contribution >= 4 is 17.3 Å². The third kappa shape index (κ3) is 3.89. The molecule has 0 bridgehead atoms. The Hall–Kier alpha value is -0.730. The van der Waals surface area contributed by atoms with Crippen LogP contribution in [-0.2, 0) is 0 Å². The Morgan fingerprint density at radius 3 is 3.00 bits per heavy atom. The molecule has 3 heteroatoms. The summed E-state index contributed by atoms with van der Waals surface area (Å²) in [6.45, 7) is 5.71. The summed E-state index contributed by atoms with van der Waals surface area (Å²) in [4.78, 5) is 0. The van der Waals surface area contributed by atoms with Crippen molar-refractivity contribution in [2.24, 2.45) is 5.92 Å². The second-order valence-corrected chi connectivity index (χ2v) is 6.03. The first-order valence-corrected chi connectivity index (χ1v) is 7.28. The van der Waals surface area contributed by atoms with Crippen molar-refractivity contribution in [1.29, 1.82) is 0 Å². The standard InChI is InChI=1S/C15H23ClN2/c1-11(2)9-15-14(7-4-8-17-15)18-13-6-3-5-12(16)10-13/h3,5-6,10-11,14-15,17-18H,4,7-9H2,1-2H3/t14-,15-/m1/s1. The third-order valence-electron chi connectivity index (χ3n) is 3.49. The predicted octanol–water partition coefficient (Wildman–Crippen LogP) is 3.92. The number of nitrogens with one attached hydrogen (secondary N) is 2. The highest BCUT2D eigenvalue weighted by Gasteiger charge is 2.25. The molecule has 0 amide bonds. The van der Waals surface area contributed by atoms with Crippen molar-refractivity contribution in [1.82, 2.24) is 5.32 Å². The molecule has 2 rings (SSSR count).